The summed E-state index contributed by atoms with van der Waals surface area (Å²) in [7, 11) is 0. The molecule has 0 aromatic heterocycles. The number of carbonyl (C=O) groups is 1. The van der Waals surface area contributed by atoms with Crippen molar-refractivity contribution in [3.63, 3.8) is 0 Å². The molecule has 0 N–H and O–H groups in total. The molecule has 0 spiro atoms. The molecule has 23 heavy (non-hydrogen) atoms. The second kappa shape index (κ2) is 6.41. The van der Waals surface area contributed by atoms with Crippen LogP contribution in [0.25, 0.3) is 21.5 Å². The van der Waals surface area contributed by atoms with Crippen molar-refractivity contribution in [2.75, 3.05) is 0 Å². The quantitative estimate of drug-likeness (QED) is 0.480. The highest BCUT2D eigenvalue weighted by atomic mass is 16.1. The molecule has 1 amide bonds. The van der Waals surface area contributed by atoms with Crippen molar-refractivity contribution in [2.24, 2.45) is 5.92 Å². The molecule has 0 heterocycles. The zero-order valence-electron chi connectivity index (χ0n) is 14.0. The first-order chi connectivity index (χ1) is 11.1. The van der Waals surface area contributed by atoms with Gasteiger partial charge in [0.15, 0.2) is 0 Å². The van der Waals surface area contributed by atoms with Crippen LogP contribution in [0.3, 0.4) is 0 Å². The standard InChI is InChI=1S/C21H23NO/c1-15(2)16(3)22(14-23)13-21-19-10-6-4-8-17(19)12-18-9-5-7-11-20(18)21/h4-12,14-16H,13H2,1-3H3/t16-/m1/s1. The summed E-state index contributed by atoms with van der Waals surface area (Å²) >= 11 is 0. The molecule has 0 fully saturated rings. The maximum absolute atomic E-state index is 11.7. The smallest absolute Gasteiger partial charge is 0.210 e. The molecule has 2 heteroatoms. The Morgan fingerprint density at radius 2 is 1.43 bits per heavy atom. The van der Waals surface area contributed by atoms with E-state index < -0.39 is 0 Å². The summed E-state index contributed by atoms with van der Waals surface area (Å²) in [6.45, 7) is 7.07. The van der Waals surface area contributed by atoms with E-state index in [1.807, 2.05) is 4.90 Å². The number of fused-ring (bicyclic) bond motifs is 2. The lowest BCUT2D eigenvalue weighted by atomic mass is 9.95. The molecule has 0 saturated heterocycles. The van der Waals surface area contributed by atoms with Gasteiger partial charge < -0.3 is 4.90 Å². The average molecular weight is 305 g/mol. The number of benzene rings is 3. The fraction of sp³-hybridized carbons (Fsp3) is 0.286. The molecule has 2 nitrogen and oxygen atoms in total. The number of amides is 1. The van der Waals surface area contributed by atoms with Crippen molar-refractivity contribution in [1.82, 2.24) is 4.90 Å². The third-order valence-electron chi connectivity index (χ3n) is 4.85. The molecule has 0 unspecified atom stereocenters. The van der Waals surface area contributed by atoms with Gasteiger partial charge in [-0.25, -0.2) is 0 Å². The first-order valence-electron chi connectivity index (χ1n) is 8.22. The van der Waals surface area contributed by atoms with E-state index in [1.165, 1.54) is 27.1 Å². The van der Waals surface area contributed by atoms with Crippen molar-refractivity contribution in [3.8, 4) is 0 Å². The Balaban J connectivity index is 2.18. The van der Waals surface area contributed by atoms with E-state index in [2.05, 4.69) is 75.4 Å². The third-order valence-corrected chi connectivity index (χ3v) is 4.85. The van der Waals surface area contributed by atoms with E-state index in [-0.39, 0.29) is 6.04 Å². The number of hydrogen-bond acceptors (Lipinski definition) is 1. The lowest BCUT2D eigenvalue weighted by Crippen LogP contribution is -2.35. The van der Waals surface area contributed by atoms with Gasteiger partial charge in [0.2, 0.25) is 6.41 Å². The Hall–Kier alpha value is -2.35. The number of hydrogen-bond donors (Lipinski definition) is 0. The van der Waals surface area contributed by atoms with Gasteiger partial charge in [0.1, 0.15) is 0 Å². The van der Waals surface area contributed by atoms with E-state index in [0.717, 1.165) is 6.41 Å². The van der Waals surface area contributed by atoms with Crippen LogP contribution in [-0.4, -0.2) is 17.4 Å². The highest BCUT2D eigenvalue weighted by molar-refractivity contribution is 6.02. The minimum atomic E-state index is 0.213. The van der Waals surface area contributed by atoms with Crippen LogP contribution < -0.4 is 0 Å². The molecule has 0 saturated carbocycles. The maximum Gasteiger partial charge on any atom is 0.210 e. The molecular formula is C21H23NO. The summed E-state index contributed by atoms with van der Waals surface area (Å²) in [5.74, 6) is 0.432. The zero-order chi connectivity index (χ0) is 16.4. The molecule has 0 aliphatic heterocycles. The molecule has 0 aliphatic rings. The molecule has 3 aromatic carbocycles. The largest absolute Gasteiger partial charge is 0.338 e. The summed E-state index contributed by atoms with van der Waals surface area (Å²) in [6.07, 6.45) is 0.987. The first-order valence-corrected chi connectivity index (χ1v) is 8.22. The fourth-order valence-electron chi connectivity index (χ4n) is 3.12. The van der Waals surface area contributed by atoms with Gasteiger partial charge in [-0.3, -0.25) is 4.79 Å². The van der Waals surface area contributed by atoms with Crippen molar-refractivity contribution in [1.29, 1.82) is 0 Å². The van der Waals surface area contributed by atoms with Crippen LogP contribution >= 0.6 is 0 Å². The van der Waals surface area contributed by atoms with Crippen molar-refractivity contribution >= 4 is 28.0 Å². The van der Waals surface area contributed by atoms with Gasteiger partial charge in [0.25, 0.3) is 0 Å². The van der Waals surface area contributed by atoms with Crippen LogP contribution in [0.1, 0.15) is 26.3 Å². The number of nitrogens with zero attached hydrogens (tertiary/aromatic N) is 1. The summed E-state index contributed by atoms with van der Waals surface area (Å²) in [5.41, 5.74) is 1.23. The number of rotatable bonds is 5. The van der Waals surface area contributed by atoms with Crippen LogP contribution in [0.5, 0.6) is 0 Å². The van der Waals surface area contributed by atoms with Gasteiger partial charge in [0, 0.05) is 12.6 Å². The Labute approximate surface area is 137 Å². The fourth-order valence-corrected chi connectivity index (χ4v) is 3.12. The Morgan fingerprint density at radius 1 is 0.913 bits per heavy atom. The van der Waals surface area contributed by atoms with Crippen LogP contribution in [-0.2, 0) is 11.3 Å². The predicted molar refractivity (Wildman–Crippen MR) is 97.4 cm³/mol. The molecule has 0 aliphatic carbocycles. The van der Waals surface area contributed by atoms with Crippen LogP contribution in [0.4, 0.5) is 0 Å². The molecule has 118 valence electrons. The Morgan fingerprint density at radius 3 is 1.91 bits per heavy atom. The van der Waals surface area contributed by atoms with E-state index in [9.17, 15) is 4.79 Å². The van der Waals surface area contributed by atoms with Gasteiger partial charge in [-0.2, -0.15) is 0 Å². The lowest BCUT2D eigenvalue weighted by molar-refractivity contribution is -0.121. The van der Waals surface area contributed by atoms with Crippen LogP contribution in [0, 0.1) is 5.92 Å². The number of carbonyl (C=O) groups excluding carboxylic acids is 1. The first kappa shape index (κ1) is 15.5. The average Bonchev–Trinajstić information content (AvgIpc) is 2.58. The normalized spacial score (nSPS) is 12.7. The minimum Gasteiger partial charge on any atom is -0.338 e. The van der Waals surface area contributed by atoms with Gasteiger partial charge in [-0.1, -0.05) is 62.4 Å². The van der Waals surface area contributed by atoms with E-state index in [4.69, 9.17) is 0 Å². The maximum atomic E-state index is 11.7. The van der Waals surface area contributed by atoms with Crippen molar-refractivity contribution in [2.45, 2.75) is 33.4 Å². The van der Waals surface area contributed by atoms with Crippen LogP contribution in [0.15, 0.2) is 54.6 Å². The van der Waals surface area contributed by atoms with E-state index in [1.54, 1.807) is 0 Å². The second-order valence-corrected chi connectivity index (χ2v) is 6.56. The zero-order valence-corrected chi connectivity index (χ0v) is 14.0. The van der Waals surface area contributed by atoms with E-state index >= 15 is 0 Å². The third kappa shape index (κ3) is 2.94. The molecule has 3 aromatic rings. The van der Waals surface area contributed by atoms with E-state index in [0.29, 0.717) is 12.5 Å². The second-order valence-electron chi connectivity index (χ2n) is 6.56. The highest BCUT2D eigenvalue weighted by Crippen LogP contribution is 2.30. The van der Waals surface area contributed by atoms with Gasteiger partial charge in [-0.15, -0.1) is 0 Å². The summed E-state index contributed by atoms with van der Waals surface area (Å²) in [4.78, 5) is 13.6. The van der Waals surface area contributed by atoms with Crippen molar-refractivity contribution in [3.05, 3.63) is 60.2 Å². The van der Waals surface area contributed by atoms with Gasteiger partial charge in [0.05, 0.1) is 0 Å². The van der Waals surface area contributed by atoms with Crippen molar-refractivity contribution < 1.29 is 4.79 Å². The SMILES string of the molecule is CC(C)[C@@H](C)N(C=O)Cc1c2ccccc2cc2ccccc12. The summed E-state index contributed by atoms with van der Waals surface area (Å²) in [6, 6.07) is 19.3. The minimum absolute atomic E-state index is 0.213. The topological polar surface area (TPSA) is 20.3 Å². The van der Waals surface area contributed by atoms with Crippen LogP contribution in [0.2, 0.25) is 0 Å². The van der Waals surface area contributed by atoms with Gasteiger partial charge in [-0.05, 0) is 46.0 Å². The molecule has 3 rings (SSSR count). The lowest BCUT2D eigenvalue weighted by Gasteiger charge is -2.29. The Bertz CT molecular complexity index is 783. The van der Waals surface area contributed by atoms with Gasteiger partial charge >= 0.3 is 0 Å². The predicted octanol–water partition coefficient (Wildman–Crippen LogP) is 5.00. The molecule has 0 radical (unpaired) electrons. The Kier molecular flexibility index (Phi) is 4.33. The highest BCUT2D eigenvalue weighted by Gasteiger charge is 2.18. The molecule has 1 atom stereocenters. The molecule has 0 bridgehead atoms. The monoisotopic (exact) mass is 305 g/mol. The molecular weight excluding hydrogens is 282 g/mol. The summed E-state index contributed by atoms with van der Waals surface area (Å²) in [5, 5.41) is 4.91. The summed E-state index contributed by atoms with van der Waals surface area (Å²) < 4.78 is 0.